The average Bonchev–Trinajstić information content (AvgIpc) is 2.43. The van der Waals surface area contributed by atoms with Gasteiger partial charge in [-0.3, -0.25) is 4.79 Å². The Morgan fingerprint density at radius 1 is 1.26 bits per heavy atom. The van der Waals surface area contributed by atoms with E-state index in [1.807, 2.05) is 25.1 Å². The maximum absolute atomic E-state index is 11.3. The van der Waals surface area contributed by atoms with Crippen molar-refractivity contribution in [2.45, 2.75) is 32.6 Å². The molecule has 0 fully saturated rings. The van der Waals surface area contributed by atoms with Crippen LogP contribution in [0.1, 0.15) is 31.7 Å². The third-order valence-corrected chi connectivity index (χ3v) is 2.91. The molecule has 1 aromatic rings. The summed E-state index contributed by atoms with van der Waals surface area (Å²) in [6, 6.07) is 5.77. The van der Waals surface area contributed by atoms with E-state index in [1.54, 1.807) is 14.2 Å². The molecule has 0 heterocycles. The van der Waals surface area contributed by atoms with E-state index in [0.717, 1.165) is 36.3 Å². The molecular weight excluding hydrogens is 242 g/mol. The summed E-state index contributed by atoms with van der Waals surface area (Å²) >= 11 is 0. The number of carbonyl (C=O) groups is 1. The Balaban J connectivity index is 2.45. The first-order valence-corrected chi connectivity index (χ1v) is 6.68. The number of aryl methyl sites for hydroxylation is 1. The zero-order chi connectivity index (χ0) is 14.1. The quantitative estimate of drug-likeness (QED) is 0.735. The van der Waals surface area contributed by atoms with Crippen LogP contribution in [0.25, 0.3) is 0 Å². The zero-order valence-corrected chi connectivity index (χ0v) is 12.0. The smallest absolute Gasteiger partial charge is 0.219 e. The standard InChI is InChI=1S/C15H23NO3/c1-4-6-15(17)16-10-5-7-12-11-13(18-2)8-9-14(12)19-3/h8-9,11H,4-7,10H2,1-3H3,(H,16,17). The van der Waals surface area contributed by atoms with Crippen LogP contribution in [0.15, 0.2) is 18.2 Å². The Morgan fingerprint density at radius 3 is 2.68 bits per heavy atom. The number of methoxy groups -OCH3 is 2. The number of ether oxygens (including phenoxy) is 2. The van der Waals surface area contributed by atoms with Crippen molar-refractivity contribution < 1.29 is 14.3 Å². The molecule has 0 bridgehead atoms. The molecule has 0 unspecified atom stereocenters. The number of amides is 1. The van der Waals surface area contributed by atoms with Crippen molar-refractivity contribution in [3.05, 3.63) is 23.8 Å². The van der Waals surface area contributed by atoms with Crippen molar-refractivity contribution in [3.8, 4) is 11.5 Å². The van der Waals surface area contributed by atoms with Gasteiger partial charge in [-0.05, 0) is 43.0 Å². The molecule has 1 amide bonds. The van der Waals surface area contributed by atoms with Crippen LogP contribution >= 0.6 is 0 Å². The van der Waals surface area contributed by atoms with Crippen molar-refractivity contribution in [2.75, 3.05) is 20.8 Å². The fourth-order valence-electron chi connectivity index (χ4n) is 1.90. The van der Waals surface area contributed by atoms with Gasteiger partial charge in [0.1, 0.15) is 11.5 Å². The molecule has 0 aliphatic heterocycles. The third kappa shape index (κ3) is 5.20. The summed E-state index contributed by atoms with van der Waals surface area (Å²) in [6.07, 6.45) is 3.23. The van der Waals surface area contributed by atoms with E-state index in [2.05, 4.69) is 5.32 Å². The highest BCUT2D eigenvalue weighted by Crippen LogP contribution is 2.24. The SMILES string of the molecule is CCCC(=O)NCCCc1cc(OC)ccc1OC. The Kier molecular flexibility index (Phi) is 6.79. The number of hydrogen-bond acceptors (Lipinski definition) is 3. The minimum Gasteiger partial charge on any atom is -0.497 e. The van der Waals surface area contributed by atoms with Gasteiger partial charge in [0, 0.05) is 13.0 Å². The normalized spacial score (nSPS) is 10.1. The van der Waals surface area contributed by atoms with Gasteiger partial charge in [0.05, 0.1) is 14.2 Å². The predicted octanol–water partition coefficient (Wildman–Crippen LogP) is 2.55. The highest BCUT2D eigenvalue weighted by atomic mass is 16.5. The lowest BCUT2D eigenvalue weighted by Gasteiger charge is -2.10. The van der Waals surface area contributed by atoms with Crippen LogP contribution in [0.4, 0.5) is 0 Å². The minimum atomic E-state index is 0.125. The van der Waals surface area contributed by atoms with Crippen LogP contribution in [-0.4, -0.2) is 26.7 Å². The number of benzene rings is 1. The van der Waals surface area contributed by atoms with Crippen LogP contribution in [0.5, 0.6) is 11.5 Å². The predicted molar refractivity (Wildman–Crippen MR) is 75.8 cm³/mol. The molecule has 0 saturated heterocycles. The molecule has 19 heavy (non-hydrogen) atoms. The number of rotatable bonds is 8. The van der Waals surface area contributed by atoms with Gasteiger partial charge in [0.2, 0.25) is 5.91 Å². The lowest BCUT2D eigenvalue weighted by atomic mass is 10.1. The first-order valence-electron chi connectivity index (χ1n) is 6.68. The number of nitrogens with one attached hydrogen (secondary N) is 1. The summed E-state index contributed by atoms with van der Waals surface area (Å²) in [6.45, 7) is 2.69. The second kappa shape index (κ2) is 8.40. The van der Waals surface area contributed by atoms with E-state index >= 15 is 0 Å². The summed E-state index contributed by atoms with van der Waals surface area (Å²) in [5, 5.41) is 2.91. The van der Waals surface area contributed by atoms with E-state index in [9.17, 15) is 4.79 Å². The van der Waals surface area contributed by atoms with Crippen molar-refractivity contribution in [2.24, 2.45) is 0 Å². The van der Waals surface area contributed by atoms with E-state index in [0.29, 0.717) is 13.0 Å². The van der Waals surface area contributed by atoms with Crippen LogP contribution in [0, 0.1) is 0 Å². The summed E-state index contributed by atoms with van der Waals surface area (Å²) in [5.41, 5.74) is 1.10. The zero-order valence-electron chi connectivity index (χ0n) is 12.0. The maximum atomic E-state index is 11.3. The second-order valence-corrected chi connectivity index (χ2v) is 4.38. The molecule has 4 nitrogen and oxygen atoms in total. The third-order valence-electron chi connectivity index (χ3n) is 2.91. The van der Waals surface area contributed by atoms with Crippen LogP contribution in [0.3, 0.4) is 0 Å². The molecule has 0 saturated carbocycles. The number of hydrogen-bond donors (Lipinski definition) is 1. The van der Waals surface area contributed by atoms with Crippen LogP contribution in [-0.2, 0) is 11.2 Å². The summed E-state index contributed by atoms with van der Waals surface area (Å²) < 4.78 is 10.5. The van der Waals surface area contributed by atoms with Crippen LogP contribution < -0.4 is 14.8 Å². The van der Waals surface area contributed by atoms with Gasteiger partial charge in [-0.1, -0.05) is 6.92 Å². The van der Waals surface area contributed by atoms with E-state index in [4.69, 9.17) is 9.47 Å². The van der Waals surface area contributed by atoms with Crippen molar-refractivity contribution in [1.82, 2.24) is 5.32 Å². The monoisotopic (exact) mass is 265 g/mol. The van der Waals surface area contributed by atoms with E-state index in [-0.39, 0.29) is 5.91 Å². The lowest BCUT2D eigenvalue weighted by Crippen LogP contribution is -2.24. The van der Waals surface area contributed by atoms with Crippen molar-refractivity contribution in [3.63, 3.8) is 0 Å². The first-order chi connectivity index (χ1) is 9.21. The maximum Gasteiger partial charge on any atom is 0.219 e. The molecule has 0 atom stereocenters. The van der Waals surface area contributed by atoms with Gasteiger partial charge in [-0.2, -0.15) is 0 Å². The van der Waals surface area contributed by atoms with Gasteiger partial charge >= 0.3 is 0 Å². The molecule has 0 aromatic heterocycles. The summed E-state index contributed by atoms with van der Waals surface area (Å²) in [5.74, 6) is 1.81. The molecule has 1 rings (SSSR count). The van der Waals surface area contributed by atoms with Gasteiger partial charge in [0.15, 0.2) is 0 Å². The van der Waals surface area contributed by atoms with E-state index < -0.39 is 0 Å². The van der Waals surface area contributed by atoms with Gasteiger partial charge < -0.3 is 14.8 Å². The molecule has 0 radical (unpaired) electrons. The summed E-state index contributed by atoms with van der Waals surface area (Å²) in [7, 11) is 3.31. The van der Waals surface area contributed by atoms with Gasteiger partial charge in [0.25, 0.3) is 0 Å². The number of carbonyl (C=O) groups excluding carboxylic acids is 1. The second-order valence-electron chi connectivity index (χ2n) is 4.38. The van der Waals surface area contributed by atoms with E-state index in [1.165, 1.54) is 0 Å². The first kappa shape index (κ1) is 15.3. The largest absolute Gasteiger partial charge is 0.497 e. The molecule has 1 aromatic carbocycles. The molecule has 1 N–H and O–H groups in total. The Labute approximate surface area is 115 Å². The lowest BCUT2D eigenvalue weighted by molar-refractivity contribution is -0.121. The highest BCUT2D eigenvalue weighted by molar-refractivity contribution is 5.75. The highest BCUT2D eigenvalue weighted by Gasteiger charge is 2.05. The average molecular weight is 265 g/mol. The fourth-order valence-corrected chi connectivity index (χ4v) is 1.90. The molecule has 106 valence electrons. The molecule has 0 aliphatic carbocycles. The molecule has 0 spiro atoms. The Bertz CT molecular complexity index is 404. The van der Waals surface area contributed by atoms with Gasteiger partial charge in [-0.15, -0.1) is 0 Å². The Hall–Kier alpha value is -1.71. The molecular formula is C15H23NO3. The molecule has 4 heteroatoms. The minimum absolute atomic E-state index is 0.125. The fraction of sp³-hybridized carbons (Fsp3) is 0.533. The van der Waals surface area contributed by atoms with Crippen molar-refractivity contribution >= 4 is 5.91 Å². The van der Waals surface area contributed by atoms with Gasteiger partial charge in [-0.25, -0.2) is 0 Å². The summed E-state index contributed by atoms with van der Waals surface area (Å²) in [4.78, 5) is 11.3. The van der Waals surface area contributed by atoms with Crippen molar-refractivity contribution in [1.29, 1.82) is 0 Å². The topological polar surface area (TPSA) is 47.6 Å². The van der Waals surface area contributed by atoms with Crippen LogP contribution in [0.2, 0.25) is 0 Å². The Morgan fingerprint density at radius 2 is 2.05 bits per heavy atom. The molecule has 0 aliphatic rings.